The topological polar surface area (TPSA) is 30.7 Å². The summed E-state index contributed by atoms with van der Waals surface area (Å²) in [6, 6.07) is 16.1. The summed E-state index contributed by atoms with van der Waals surface area (Å²) in [6.07, 6.45) is 0. The molecule has 0 fully saturated rings. The Kier molecular flexibility index (Phi) is 4.50. The van der Waals surface area contributed by atoms with Crippen molar-refractivity contribution in [1.82, 2.24) is 14.8 Å². The molecule has 0 N–H and O–H groups in total. The third-order valence-corrected chi connectivity index (χ3v) is 4.81. The molecule has 2 aromatic carbocycles. The molecule has 0 spiro atoms. The molecule has 0 aliphatic rings. The summed E-state index contributed by atoms with van der Waals surface area (Å²) in [4.78, 5) is 0. The number of rotatable bonds is 4. The minimum atomic E-state index is 0.768. The third kappa shape index (κ3) is 3.03. The molecule has 0 atom stereocenters. The number of para-hydroxylation sites is 1. The summed E-state index contributed by atoms with van der Waals surface area (Å²) in [5, 5.41) is 10.2. The van der Waals surface area contributed by atoms with Crippen molar-refractivity contribution >= 4 is 23.4 Å². The van der Waals surface area contributed by atoms with E-state index in [-0.39, 0.29) is 0 Å². The second-order valence-corrected chi connectivity index (χ2v) is 6.38. The van der Waals surface area contributed by atoms with Gasteiger partial charge in [0.15, 0.2) is 5.16 Å². The number of hydrogen-bond acceptors (Lipinski definition) is 3. The van der Waals surface area contributed by atoms with Crippen LogP contribution >= 0.6 is 23.4 Å². The molecule has 0 saturated heterocycles. The first-order chi connectivity index (χ1) is 10.7. The molecule has 22 heavy (non-hydrogen) atoms. The van der Waals surface area contributed by atoms with Gasteiger partial charge in [0.2, 0.25) is 0 Å². The predicted octanol–water partition coefficient (Wildman–Crippen LogP) is 4.83. The zero-order chi connectivity index (χ0) is 15.5. The molecule has 1 aromatic heterocycles. The lowest BCUT2D eigenvalue weighted by Crippen LogP contribution is -2.01. The van der Waals surface area contributed by atoms with E-state index in [1.165, 1.54) is 5.56 Å². The number of nitrogens with zero attached hydrogens (tertiary/aromatic N) is 3. The van der Waals surface area contributed by atoms with Gasteiger partial charge in [-0.25, -0.2) is 0 Å². The van der Waals surface area contributed by atoms with Gasteiger partial charge in [0.25, 0.3) is 0 Å². The van der Waals surface area contributed by atoms with Crippen molar-refractivity contribution in [2.24, 2.45) is 0 Å². The lowest BCUT2D eigenvalue weighted by atomic mass is 10.2. The highest BCUT2D eigenvalue weighted by molar-refractivity contribution is 7.98. The van der Waals surface area contributed by atoms with Gasteiger partial charge in [0.05, 0.1) is 5.69 Å². The number of aromatic nitrogens is 3. The van der Waals surface area contributed by atoms with Gasteiger partial charge in [-0.2, -0.15) is 0 Å². The van der Waals surface area contributed by atoms with Crippen LogP contribution in [0.15, 0.2) is 53.7 Å². The van der Waals surface area contributed by atoms with E-state index < -0.39 is 0 Å². The lowest BCUT2D eigenvalue weighted by molar-refractivity contribution is 0.862. The van der Waals surface area contributed by atoms with E-state index in [1.54, 1.807) is 11.8 Å². The summed E-state index contributed by atoms with van der Waals surface area (Å²) >= 11 is 7.87. The molecule has 0 aliphatic carbocycles. The Balaban J connectivity index is 1.90. The first kappa shape index (κ1) is 15.1. The van der Waals surface area contributed by atoms with Crippen LogP contribution in [0.3, 0.4) is 0 Å². The smallest absolute Gasteiger partial charge is 0.196 e. The maximum atomic E-state index is 6.22. The van der Waals surface area contributed by atoms with Crippen LogP contribution in [-0.4, -0.2) is 14.8 Å². The fourth-order valence-corrected chi connectivity index (χ4v) is 3.56. The quantitative estimate of drug-likeness (QED) is 0.642. The van der Waals surface area contributed by atoms with Gasteiger partial charge in [0.1, 0.15) is 5.82 Å². The van der Waals surface area contributed by atoms with E-state index >= 15 is 0 Å². The van der Waals surface area contributed by atoms with Gasteiger partial charge >= 0.3 is 0 Å². The Morgan fingerprint density at radius 1 is 1.00 bits per heavy atom. The summed E-state index contributed by atoms with van der Waals surface area (Å²) in [6.45, 7) is 4.07. The number of aryl methyl sites for hydroxylation is 2. The van der Waals surface area contributed by atoms with Crippen molar-refractivity contribution in [2.75, 3.05) is 0 Å². The van der Waals surface area contributed by atoms with Gasteiger partial charge in [-0.05, 0) is 37.1 Å². The molecule has 0 unspecified atom stereocenters. The van der Waals surface area contributed by atoms with Crippen molar-refractivity contribution < 1.29 is 0 Å². The number of thioether (sulfide) groups is 1. The van der Waals surface area contributed by atoms with Crippen LogP contribution < -0.4 is 0 Å². The molecule has 1 heterocycles. The van der Waals surface area contributed by atoms with Crippen molar-refractivity contribution in [1.29, 1.82) is 0 Å². The molecular weight excluding hydrogens is 314 g/mol. The number of benzene rings is 2. The van der Waals surface area contributed by atoms with Crippen LogP contribution in [0.4, 0.5) is 0 Å². The van der Waals surface area contributed by atoms with E-state index in [0.29, 0.717) is 0 Å². The molecule has 0 radical (unpaired) electrons. The highest BCUT2D eigenvalue weighted by Crippen LogP contribution is 2.28. The molecular formula is C17H16ClN3S. The second kappa shape index (κ2) is 6.55. The van der Waals surface area contributed by atoms with Crippen molar-refractivity contribution in [3.05, 3.63) is 70.5 Å². The summed E-state index contributed by atoms with van der Waals surface area (Å²) in [5.41, 5.74) is 3.42. The van der Waals surface area contributed by atoms with Crippen molar-refractivity contribution in [3.8, 4) is 5.69 Å². The Labute approximate surface area is 139 Å². The zero-order valence-corrected chi connectivity index (χ0v) is 14.0. The molecule has 3 aromatic rings. The van der Waals surface area contributed by atoms with Gasteiger partial charge in [-0.1, -0.05) is 59.8 Å². The van der Waals surface area contributed by atoms with Crippen LogP contribution in [0.2, 0.25) is 5.02 Å². The first-order valence-electron chi connectivity index (χ1n) is 7.01. The predicted molar refractivity (Wildman–Crippen MR) is 91.8 cm³/mol. The molecule has 0 bridgehead atoms. The average Bonchev–Trinajstić information content (AvgIpc) is 2.88. The summed E-state index contributed by atoms with van der Waals surface area (Å²) in [5.74, 6) is 1.65. The second-order valence-electron chi connectivity index (χ2n) is 5.03. The minimum Gasteiger partial charge on any atom is -0.274 e. The fraction of sp³-hybridized carbons (Fsp3) is 0.176. The number of halogens is 1. The SMILES string of the molecule is Cc1ccccc1-n1c(C)nnc1SCc1ccccc1Cl. The van der Waals surface area contributed by atoms with E-state index in [2.05, 4.69) is 33.8 Å². The van der Waals surface area contributed by atoms with Gasteiger partial charge in [0, 0.05) is 10.8 Å². The number of hydrogen-bond donors (Lipinski definition) is 0. The summed E-state index contributed by atoms with van der Waals surface area (Å²) < 4.78 is 2.09. The standard InChI is InChI=1S/C17H16ClN3S/c1-12-7-3-6-10-16(12)21-13(2)19-20-17(21)22-11-14-8-4-5-9-15(14)18/h3-10H,11H2,1-2H3. The molecule has 0 amide bonds. The minimum absolute atomic E-state index is 0.768. The zero-order valence-electron chi connectivity index (χ0n) is 12.5. The monoisotopic (exact) mass is 329 g/mol. The maximum Gasteiger partial charge on any atom is 0.196 e. The van der Waals surface area contributed by atoms with Crippen LogP contribution in [0.1, 0.15) is 17.0 Å². The van der Waals surface area contributed by atoms with E-state index in [4.69, 9.17) is 11.6 Å². The van der Waals surface area contributed by atoms with Crippen LogP contribution in [0, 0.1) is 13.8 Å². The van der Waals surface area contributed by atoms with Gasteiger partial charge in [-0.3, -0.25) is 4.57 Å². The van der Waals surface area contributed by atoms with E-state index in [1.807, 2.05) is 43.3 Å². The summed E-state index contributed by atoms with van der Waals surface area (Å²) in [7, 11) is 0. The van der Waals surface area contributed by atoms with E-state index in [0.717, 1.165) is 33.0 Å². The third-order valence-electron chi connectivity index (χ3n) is 3.47. The maximum absolute atomic E-state index is 6.22. The van der Waals surface area contributed by atoms with Crippen LogP contribution in [0.5, 0.6) is 0 Å². The Hall–Kier alpha value is -1.78. The van der Waals surface area contributed by atoms with Crippen LogP contribution in [0.25, 0.3) is 5.69 Å². The molecule has 3 rings (SSSR count). The van der Waals surface area contributed by atoms with Gasteiger partial charge in [-0.15, -0.1) is 10.2 Å². The first-order valence-corrected chi connectivity index (χ1v) is 8.37. The van der Waals surface area contributed by atoms with Crippen LogP contribution in [-0.2, 0) is 5.75 Å². The molecule has 112 valence electrons. The van der Waals surface area contributed by atoms with Gasteiger partial charge < -0.3 is 0 Å². The normalized spacial score (nSPS) is 10.9. The molecule has 0 saturated carbocycles. The van der Waals surface area contributed by atoms with Crippen molar-refractivity contribution in [3.63, 3.8) is 0 Å². The van der Waals surface area contributed by atoms with E-state index in [9.17, 15) is 0 Å². The largest absolute Gasteiger partial charge is 0.274 e. The molecule has 5 heteroatoms. The highest BCUT2D eigenvalue weighted by atomic mass is 35.5. The highest BCUT2D eigenvalue weighted by Gasteiger charge is 2.13. The average molecular weight is 330 g/mol. The Morgan fingerprint density at radius 2 is 1.73 bits per heavy atom. The van der Waals surface area contributed by atoms with Crippen molar-refractivity contribution in [2.45, 2.75) is 24.8 Å². The molecule has 3 nitrogen and oxygen atoms in total. The lowest BCUT2D eigenvalue weighted by Gasteiger charge is -2.11. The Bertz CT molecular complexity index is 798. The molecule has 0 aliphatic heterocycles. The Morgan fingerprint density at radius 3 is 2.50 bits per heavy atom. The fourth-order valence-electron chi connectivity index (χ4n) is 2.29.